The molecule has 1 unspecified atom stereocenters. The summed E-state index contributed by atoms with van der Waals surface area (Å²) in [5, 5.41) is 2.52. The molecule has 104 valence electrons. The zero-order valence-electron chi connectivity index (χ0n) is 10.7. The highest BCUT2D eigenvalue weighted by atomic mass is 35.5. The Balaban J connectivity index is 2.94. The molecular weight excluding hydrogens is 273 g/mol. The maximum atomic E-state index is 12.8. The van der Waals surface area contributed by atoms with Crippen molar-refractivity contribution in [1.82, 2.24) is 5.32 Å². The molecule has 1 aromatic rings. The number of hydrogen-bond donors (Lipinski definition) is 1. The van der Waals surface area contributed by atoms with Crippen molar-refractivity contribution in [3.63, 3.8) is 0 Å². The molecule has 0 saturated heterocycles. The van der Waals surface area contributed by atoms with Gasteiger partial charge in [0, 0.05) is 6.42 Å². The molecule has 19 heavy (non-hydrogen) atoms. The Kier molecular flexibility index (Phi) is 5.30. The zero-order chi connectivity index (χ0) is 14.5. The van der Waals surface area contributed by atoms with Crippen molar-refractivity contribution in [2.75, 3.05) is 13.0 Å². The summed E-state index contributed by atoms with van der Waals surface area (Å²) < 4.78 is 17.5. The summed E-state index contributed by atoms with van der Waals surface area (Å²) in [5.74, 6) is -1.68. The third-order valence-electron chi connectivity index (χ3n) is 2.64. The zero-order valence-corrected chi connectivity index (χ0v) is 11.5. The van der Waals surface area contributed by atoms with Crippen LogP contribution < -0.4 is 5.32 Å². The van der Waals surface area contributed by atoms with E-state index in [2.05, 4.69) is 10.1 Å². The first kappa shape index (κ1) is 15.4. The fourth-order valence-corrected chi connectivity index (χ4v) is 1.81. The van der Waals surface area contributed by atoms with Crippen molar-refractivity contribution in [1.29, 1.82) is 0 Å². The maximum absolute atomic E-state index is 12.8. The van der Waals surface area contributed by atoms with E-state index in [4.69, 9.17) is 11.6 Å². The highest BCUT2D eigenvalue weighted by Gasteiger charge is 2.36. The number of ether oxygens (including phenoxy) is 1. The van der Waals surface area contributed by atoms with Gasteiger partial charge in [0.15, 0.2) is 0 Å². The van der Waals surface area contributed by atoms with Gasteiger partial charge in [-0.05, 0) is 24.6 Å². The van der Waals surface area contributed by atoms with Crippen LogP contribution in [0, 0.1) is 5.82 Å². The summed E-state index contributed by atoms with van der Waals surface area (Å²) in [6, 6.07) is 5.67. The third kappa shape index (κ3) is 4.21. The summed E-state index contributed by atoms with van der Waals surface area (Å²) >= 11 is 5.42. The van der Waals surface area contributed by atoms with Crippen LogP contribution in [0.1, 0.15) is 12.5 Å². The predicted molar refractivity (Wildman–Crippen MR) is 69.4 cm³/mol. The number of amides is 1. The van der Waals surface area contributed by atoms with E-state index in [9.17, 15) is 14.0 Å². The number of hydrogen-bond acceptors (Lipinski definition) is 3. The van der Waals surface area contributed by atoms with Crippen LogP contribution in [0.2, 0.25) is 0 Å². The number of esters is 1. The van der Waals surface area contributed by atoms with Crippen molar-refractivity contribution in [3.05, 3.63) is 35.6 Å². The van der Waals surface area contributed by atoms with Gasteiger partial charge in [-0.15, -0.1) is 11.6 Å². The fourth-order valence-electron chi connectivity index (χ4n) is 1.74. The monoisotopic (exact) mass is 287 g/mol. The molecule has 1 N–H and O–H groups in total. The van der Waals surface area contributed by atoms with Crippen LogP contribution in [0.4, 0.5) is 4.39 Å². The minimum atomic E-state index is -1.24. The average molecular weight is 288 g/mol. The van der Waals surface area contributed by atoms with E-state index < -0.39 is 17.4 Å². The van der Waals surface area contributed by atoms with Gasteiger partial charge in [0.2, 0.25) is 5.91 Å². The highest BCUT2D eigenvalue weighted by molar-refractivity contribution is 6.27. The lowest BCUT2D eigenvalue weighted by Gasteiger charge is -2.27. The summed E-state index contributed by atoms with van der Waals surface area (Å²) in [6.45, 7) is 1.53. The molecule has 0 spiro atoms. The third-order valence-corrected chi connectivity index (χ3v) is 2.89. The van der Waals surface area contributed by atoms with Crippen molar-refractivity contribution >= 4 is 23.5 Å². The standard InChI is InChI=1S/C13H15ClFNO3/c1-13(12(18)19-2,16-11(17)8-14)7-9-3-5-10(15)6-4-9/h3-6H,7-8H2,1-2H3,(H,16,17). The molecule has 0 radical (unpaired) electrons. The van der Waals surface area contributed by atoms with Crippen LogP contribution >= 0.6 is 11.6 Å². The van der Waals surface area contributed by atoms with Crippen LogP contribution in [0.5, 0.6) is 0 Å². The quantitative estimate of drug-likeness (QED) is 0.662. The molecule has 0 aliphatic rings. The molecule has 1 rings (SSSR count). The van der Waals surface area contributed by atoms with Crippen molar-refractivity contribution in [2.24, 2.45) is 0 Å². The van der Waals surface area contributed by atoms with E-state index >= 15 is 0 Å². The Bertz CT molecular complexity index is 463. The lowest BCUT2D eigenvalue weighted by Crippen LogP contribution is -2.54. The van der Waals surface area contributed by atoms with Gasteiger partial charge in [0.1, 0.15) is 17.2 Å². The molecular formula is C13H15ClFNO3. The molecule has 1 amide bonds. The topological polar surface area (TPSA) is 55.4 Å². The normalized spacial score (nSPS) is 13.5. The van der Waals surface area contributed by atoms with Gasteiger partial charge in [0.05, 0.1) is 7.11 Å². The number of halogens is 2. The van der Waals surface area contributed by atoms with Crippen molar-refractivity contribution < 1.29 is 18.7 Å². The fraction of sp³-hybridized carbons (Fsp3) is 0.385. The Labute approximate surface area is 115 Å². The smallest absolute Gasteiger partial charge is 0.331 e. The Morgan fingerprint density at radius 3 is 2.42 bits per heavy atom. The summed E-state index contributed by atoms with van der Waals surface area (Å²) in [7, 11) is 1.23. The van der Waals surface area contributed by atoms with Gasteiger partial charge in [-0.3, -0.25) is 4.79 Å². The minimum Gasteiger partial charge on any atom is -0.467 e. The first-order valence-corrected chi connectivity index (χ1v) is 6.14. The molecule has 1 atom stereocenters. The molecule has 0 fully saturated rings. The molecule has 0 aromatic heterocycles. The largest absolute Gasteiger partial charge is 0.467 e. The summed E-state index contributed by atoms with van der Waals surface area (Å²) in [4.78, 5) is 23.2. The van der Waals surface area contributed by atoms with E-state index in [1.54, 1.807) is 12.1 Å². The van der Waals surface area contributed by atoms with Gasteiger partial charge in [-0.1, -0.05) is 12.1 Å². The second kappa shape index (κ2) is 6.52. The summed E-state index contributed by atoms with van der Waals surface area (Å²) in [6.07, 6.45) is 0.183. The molecule has 4 nitrogen and oxygen atoms in total. The molecule has 0 saturated carbocycles. The lowest BCUT2D eigenvalue weighted by atomic mass is 9.92. The number of nitrogens with one attached hydrogen (secondary N) is 1. The highest BCUT2D eigenvalue weighted by Crippen LogP contribution is 2.16. The van der Waals surface area contributed by atoms with Crippen LogP contribution in [-0.4, -0.2) is 30.4 Å². The van der Waals surface area contributed by atoms with E-state index in [1.807, 2.05) is 0 Å². The second-order valence-electron chi connectivity index (χ2n) is 4.31. The van der Waals surface area contributed by atoms with Gasteiger partial charge in [0.25, 0.3) is 0 Å². The molecule has 0 aliphatic heterocycles. The Morgan fingerprint density at radius 1 is 1.37 bits per heavy atom. The Morgan fingerprint density at radius 2 is 1.95 bits per heavy atom. The first-order chi connectivity index (χ1) is 8.91. The van der Waals surface area contributed by atoms with Gasteiger partial charge >= 0.3 is 5.97 Å². The number of methoxy groups -OCH3 is 1. The van der Waals surface area contributed by atoms with Crippen molar-refractivity contribution in [2.45, 2.75) is 18.9 Å². The van der Waals surface area contributed by atoms with Crippen molar-refractivity contribution in [3.8, 4) is 0 Å². The van der Waals surface area contributed by atoms with Crippen LogP contribution in [0.25, 0.3) is 0 Å². The number of carbonyl (C=O) groups is 2. The summed E-state index contributed by atoms with van der Waals surface area (Å²) in [5.41, 5.74) is -0.539. The van der Waals surface area contributed by atoms with Gasteiger partial charge in [-0.2, -0.15) is 0 Å². The number of benzene rings is 1. The lowest BCUT2D eigenvalue weighted by molar-refractivity contribution is -0.149. The molecule has 0 aliphatic carbocycles. The molecule has 6 heteroatoms. The second-order valence-corrected chi connectivity index (χ2v) is 4.58. The molecule has 0 heterocycles. The maximum Gasteiger partial charge on any atom is 0.331 e. The number of rotatable bonds is 5. The first-order valence-electron chi connectivity index (χ1n) is 5.61. The SMILES string of the molecule is COC(=O)C(C)(Cc1ccc(F)cc1)NC(=O)CCl. The molecule has 0 bridgehead atoms. The number of alkyl halides is 1. The minimum absolute atomic E-state index is 0.183. The predicted octanol–water partition coefficient (Wildman–Crippen LogP) is 1.65. The van der Waals surface area contributed by atoms with Gasteiger partial charge < -0.3 is 10.1 Å². The van der Waals surface area contributed by atoms with E-state index in [1.165, 1.54) is 26.2 Å². The van der Waals surface area contributed by atoms with E-state index in [0.29, 0.717) is 5.56 Å². The Hall–Kier alpha value is -1.62. The van der Waals surface area contributed by atoms with E-state index in [0.717, 1.165) is 0 Å². The van der Waals surface area contributed by atoms with Crippen LogP contribution in [0.3, 0.4) is 0 Å². The van der Waals surface area contributed by atoms with E-state index in [-0.39, 0.29) is 18.1 Å². The average Bonchev–Trinajstić information content (AvgIpc) is 2.40. The van der Waals surface area contributed by atoms with Crippen LogP contribution in [-0.2, 0) is 20.7 Å². The molecule has 1 aromatic carbocycles. The number of carbonyl (C=O) groups excluding carboxylic acids is 2. The van der Waals surface area contributed by atoms with Crippen LogP contribution in [0.15, 0.2) is 24.3 Å². The van der Waals surface area contributed by atoms with Gasteiger partial charge in [-0.25, -0.2) is 9.18 Å².